The van der Waals surface area contributed by atoms with Crippen molar-refractivity contribution in [3.8, 4) is 11.3 Å². The Kier molecular flexibility index (Phi) is 3.69. The smallest absolute Gasteiger partial charge is 0.133 e. The molecule has 1 N–H and O–H groups in total. The van der Waals surface area contributed by atoms with Crippen LogP contribution in [0.3, 0.4) is 0 Å². The maximum absolute atomic E-state index is 11.0. The molecule has 1 atom stereocenters. The zero-order chi connectivity index (χ0) is 14.1. The summed E-state index contributed by atoms with van der Waals surface area (Å²) in [5.74, 6) is -0.0375. The van der Waals surface area contributed by atoms with Crippen molar-refractivity contribution in [2.45, 2.75) is 12.2 Å². The topological polar surface area (TPSA) is 77.9 Å². The fourth-order valence-electron chi connectivity index (χ4n) is 2.36. The maximum Gasteiger partial charge on any atom is 0.133 e. The molecule has 2 aromatic rings. The van der Waals surface area contributed by atoms with Crippen LogP contribution in [0.15, 0.2) is 24.5 Å². The van der Waals surface area contributed by atoms with Gasteiger partial charge in [-0.15, -0.1) is 0 Å². The number of nitrogens with one attached hydrogen (secondary N) is 1. The molecule has 1 unspecified atom stereocenters. The molecule has 1 aromatic carbocycles. The maximum atomic E-state index is 11.0. The van der Waals surface area contributed by atoms with E-state index in [2.05, 4.69) is 15.3 Å². The average molecular weight is 309 g/mol. The van der Waals surface area contributed by atoms with Gasteiger partial charge in [0.05, 0.1) is 5.69 Å². The van der Waals surface area contributed by atoms with Crippen molar-refractivity contribution in [1.82, 2.24) is 9.97 Å². The van der Waals surface area contributed by atoms with Gasteiger partial charge in [-0.3, -0.25) is 4.21 Å². The molecule has 0 saturated heterocycles. The Morgan fingerprint density at radius 1 is 1.35 bits per heavy atom. The van der Waals surface area contributed by atoms with Gasteiger partial charge in [0.25, 0.3) is 0 Å². The van der Waals surface area contributed by atoms with Crippen molar-refractivity contribution in [2.24, 2.45) is 0 Å². The lowest BCUT2D eigenvalue weighted by atomic mass is 10.0. The first-order valence-corrected chi connectivity index (χ1v) is 7.69. The second kappa shape index (κ2) is 5.47. The van der Waals surface area contributed by atoms with Crippen LogP contribution < -0.4 is 5.32 Å². The van der Waals surface area contributed by atoms with Crippen LogP contribution in [0.4, 0.5) is 5.69 Å². The lowest BCUT2D eigenvalue weighted by molar-refractivity contribution is 0.536. The van der Waals surface area contributed by atoms with Gasteiger partial charge in [-0.05, 0) is 23.6 Å². The van der Waals surface area contributed by atoms with E-state index in [0.717, 1.165) is 35.3 Å². The van der Waals surface area contributed by atoms with E-state index in [1.54, 1.807) is 6.07 Å². The van der Waals surface area contributed by atoms with Crippen LogP contribution in [-0.2, 0) is 23.3 Å². The molecule has 104 valence electrons. The Balaban J connectivity index is 2.14. The summed E-state index contributed by atoms with van der Waals surface area (Å²) in [7, 11) is 0. The number of aromatic nitrogens is 2. The van der Waals surface area contributed by atoms with Crippen molar-refractivity contribution < 1.29 is 8.76 Å². The molecule has 20 heavy (non-hydrogen) atoms. The Morgan fingerprint density at radius 3 is 2.95 bits per heavy atom. The normalized spacial score (nSPS) is 14.7. The van der Waals surface area contributed by atoms with Crippen LogP contribution in [0.2, 0.25) is 5.15 Å². The predicted molar refractivity (Wildman–Crippen MR) is 77.3 cm³/mol. The molecule has 0 radical (unpaired) electrons. The highest BCUT2D eigenvalue weighted by Gasteiger charge is 2.16. The minimum Gasteiger partial charge on any atom is -0.772 e. The van der Waals surface area contributed by atoms with Gasteiger partial charge in [0.15, 0.2) is 0 Å². The van der Waals surface area contributed by atoms with Gasteiger partial charge in [-0.25, -0.2) is 9.97 Å². The lowest BCUT2D eigenvalue weighted by Gasteiger charge is -2.13. The second-order valence-corrected chi connectivity index (χ2v) is 5.80. The Hall–Kier alpha value is -1.50. The molecule has 2 heterocycles. The fraction of sp³-hybridized carbons (Fsp3) is 0.231. The summed E-state index contributed by atoms with van der Waals surface area (Å²) in [6, 6.07) is 5.50. The zero-order valence-corrected chi connectivity index (χ0v) is 12.0. The van der Waals surface area contributed by atoms with E-state index in [1.165, 1.54) is 6.33 Å². The van der Waals surface area contributed by atoms with Gasteiger partial charge in [-0.2, -0.15) is 0 Å². The van der Waals surface area contributed by atoms with Gasteiger partial charge < -0.3 is 9.87 Å². The number of anilines is 1. The van der Waals surface area contributed by atoms with Crippen molar-refractivity contribution in [1.29, 1.82) is 0 Å². The number of nitrogens with zero attached hydrogens (tertiary/aromatic N) is 2. The highest BCUT2D eigenvalue weighted by Crippen LogP contribution is 2.32. The molecule has 1 aliphatic rings. The first-order chi connectivity index (χ1) is 9.63. The van der Waals surface area contributed by atoms with Gasteiger partial charge >= 0.3 is 0 Å². The fourth-order valence-corrected chi connectivity index (χ4v) is 3.00. The highest BCUT2D eigenvalue weighted by molar-refractivity contribution is 7.78. The van der Waals surface area contributed by atoms with E-state index in [1.807, 2.05) is 12.1 Å². The number of hydrogen-bond donors (Lipinski definition) is 1. The first kappa shape index (κ1) is 13.5. The molecule has 0 bridgehead atoms. The molecular formula is C13H11ClN3O2S-. The summed E-state index contributed by atoms with van der Waals surface area (Å²) in [5, 5.41) is 3.61. The largest absolute Gasteiger partial charge is 0.772 e. The molecule has 0 spiro atoms. The summed E-state index contributed by atoms with van der Waals surface area (Å²) in [5.41, 5.74) is 4.29. The molecule has 1 aromatic heterocycles. The van der Waals surface area contributed by atoms with Gasteiger partial charge in [0, 0.05) is 29.6 Å². The van der Waals surface area contributed by atoms with Gasteiger partial charge in [0.1, 0.15) is 11.5 Å². The van der Waals surface area contributed by atoms with E-state index in [0.29, 0.717) is 10.8 Å². The van der Waals surface area contributed by atoms with Crippen LogP contribution in [0.5, 0.6) is 0 Å². The second-order valence-electron chi connectivity index (χ2n) is 4.52. The molecule has 1 aliphatic heterocycles. The van der Waals surface area contributed by atoms with Crippen molar-refractivity contribution in [2.75, 3.05) is 11.9 Å². The van der Waals surface area contributed by atoms with Gasteiger partial charge in [-0.1, -0.05) is 28.7 Å². The molecule has 7 heteroatoms. The third kappa shape index (κ3) is 2.67. The molecular weight excluding hydrogens is 298 g/mol. The van der Waals surface area contributed by atoms with Crippen LogP contribution in [0, 0.1) is 0 Å². The number of rotatable bonds is 3. The number of benzene rings is 1. The molecule has 3 rings (SSSR count). The SMILES string of the molecule is O=S([O-])Cc1cc2c(cc1-c1cc(Cl)ncn1)NCC2. The van der Waals surface area contributed by atoms with Crippen molar-refractivity contribution in [3.05, 3.63) is 40.8 Å². The number of halogens is 1. The van der Waals surface area contributed by atoms with E-state index >= 15 is 0 Å². The van der Waals surface area contributed by atoms with E-state index in [-0.39, 0.29) is 5.75 Å². The van der Waals surface area contributed by atoms with Crippen LogP contribution >= 0.6 is 11.6 Å². The third-order valence-corrected chi connectivity index (χ3v) is 3.98. The molecule has 0 aliphatic carbocycles. The number of fused-ring (bicyclic) bond motifs is 1. The van der Waals surface area contributed by atoms with Crippen LogP contribution in [-0.4, -0.2) is 25.3 Å². The predicted octanol–water partition coefficient (Wildman–Crippen LogP) is 2.14. The lowest BCUT2D eigenvalue weighted by Crippen LogP contribution is -1.99. The zero-order valence-electron chi connectivity index (χ0n) is 10.4. The van der Waals surface area contributed by atoms with Crippen molar-refractivity contribution >= 4 is 28.4 Å². The minimum atomic E-state index is -2.15. The standard InChI is InChI=1S/C13H12ClN3O2S/c14-13-5-12(16-7-17-13)10-4-11-8(1-2-15-11)3-9(10)6-20(18)19/h3-5,7,15H,1-2,6H2,(H,18,19)/p-1. The average Bonchev–Trinajstić information content (AvgIpc) is 2.84. The third-order valence-electron chi connectivity index (χ3n) is 3.22. The Labute approximate surface area is 123 Å². The summed E-state index contributed by atoms with van der Waals surface area (Å²) in [4.78, 5) is 8.02. The quantitative estimate of drug-likeness (QED) is 0.694. The molecule has 0 saturated carbocycles. The Bertz CT molecular complexity index is 693. The Morgan fingerprint density at radius 2 is 2.20 bits per heavy atom. The number of hydrogen-bond acceptors (Lipinski definition) is 5. The van der Waals surface area contributed by atoms with Crippen LogP contribution in [0.25, 0.3) is 11.3 Å². The van der Waals surface area contributed by atoms with E-state index in [4.69, 9.17) is 11.6 Å². The summed E-state index contributed by atoms with van der Waals surface area (Å²) >= 11 is 3.73. The minimum absolute atomic E-state index is 0.0375. The van der Waals surface area contributed by atoms with Crippen molar-refractivity contribution in [3.63, 3.8) is 0 Å². The molecule has 5 nitrogen and oxygen atoms in total. The first-order valence-electron chi connectivity index (χ1n) is 6.07. The van der Waals surface area contributed by atoms with E-state index in [9.17, 15) is 8.76 Å². The highest BCUT2D eigenvalue weighted by atomic mass is 35.5. The summed E-state index contributed by atoms with van der Waals surface area (Å²) < 4.78 is 22.1. The molecule has 0 fully saturated rings. The monoisotopic (exact) mass is 308 g/mol. The summed E-state index contributed by atoms with van der Waals surface area (Å²) in [6.07, 6.45) is 2.27. The van der Waals surface area contributed by atoms with Gasteiger partial charge in [0.2, 0.25) is 0 Å². The van der Waals surface area contributed by atoms with Crippen LogP contribution in [0.1, 0.15) is 11.1 Å². The summed E-state index contributed by atoms with van der Waals surface area (Å²) in [6.45, 7) is 0.864. The molecule has 0 amide bonds. The van der Waals surface area contributed by atoms with E-state index < -0.39 is 11.1 Å².